The second-order valence-electron chi connectivity index (χ2n) is 7.58. The summed E-state index contributed by atoms with van der Waals surface area (Å²) in [4.78, 5) is 7.88. The third kappa shape index (κ3) is 4.57. The minimum atomic E-state index is 0.267. The lowest BCUT2D eigenvalue weighted by Gasteiger charge is -2.22. The highest BCUT2D eigenvalue weighted by Gasteiger charge is 2.25. The van der Waals surface area contributed by atoms with E-state index in [1.54, 1.807) is 0 Å². The molecule has 1 fully saturated rings. The Morgan fingerprint density at radius 3 is 2.73 bits per heavy atom. The normalized spacial score (nSPS) is 15.8. The van der Waals surface area contributed by atoms with Crippen LogP contribution in [0.15, 0.2) is 24.0 Å². The number of aryl methyl sites for hydroxylation is 2. The van der Waals surface area contributed by atoms with Crippen LogP contribution in [0, 0.1) is 12.8 Å². The summed E-state index contributed by atoms with van der Waals surface area (Å²) in [6, 6.07) is 2.40. The molecule has 0 aromatic carbocycles. The maximum absolute atomic E-state index is 4.47. The molecule has 2 unspecified atom stereocenters. The van der Waals surface area contributed by atoms with E-state index in [0.717, 1.165) is 24.7 Å². The van der Waals surface area contributed by atoms with Crippen molar-refractivity contribution >= 4 is 5.70 Å². The molecule has 142 valence electrons. The average molecular weight is 356 g/mol. The Balaban J connectivity index is 1.78. The van der Waals surface area contributed by atoms with Gasteiger partial charge < -0.3 is 10.3 Å². The summed E-state index contributed by atoms with van der Waals surface area (Å²) >= 11 is 0. The lowest BCUT2D eigenvalue weighted by molar-refractivity contribution is 0.448. The number of aromatic amines is 1. The number of hydrogen-bond donors (Lipinski definition) is 2. The Morgan fingerprint density at radius 2 is 2.12 bits per heavy atom. The van der Waals surface area contributed by atoms with Crippen LogP contribution in [0.2, 0.25) is 0 Å². The van der Waals surface area contributed by atoms with Gasteiger partial charge in [0, 0.05) is 12.7 Å². The highest BCUT2D eigenvalue weighted by molar-refractivity contribution is 5.68. The smallest absolute Gasteiger partial charge is 0.103 e. The van der Waals surface area contributed by atoms with Crippen LogP contribution in [-0.4, -0.2) is 19.7 Å². The number of rotatable bonds is 10. The lowest BCUT2D eigenvalue weighted by atomic mass is 9.98. The molecule has 0 spiro atoms. The number of nitrogens with zero attached hydrogens (tertiary/aromatic N) is 3. The molecule has 0 bridgehead atoms. The van der Waals surface area contributed by atoms with Gasteiger partial charge in [0.1, 0.15) is 5.82 Å². The van der Waals surface area contributed by atoms with Crippen LogP contribution in [0.1, 0.15) is 82.6 Å². The van der Waals surface area contributed by atoms with Crippen molar-refractivity contribution in [2.45, 2.75) is 78.8 Å². The van der Waals surface area contributed by atoms with Gasteiger partial charge in [-0.25, -0.2) is 4.98 Å². The zero-order valence-corrected chi connectivity index (χ0v) is 16.7. The van der Waals surface area contributed by atoms with E-state index < -0.39 is 0 Å². The van der Waals surface area contributed by atoms with Gasteiger partial charge in [0.2, 0.25) is 0 Å². The third-order valence-corrected chi connectivity index (χ3v) is 5.43. The predicted molar refractivity (Wildman–Crippen MR) is 107 cm³/mol. The fourth-order valence-electron chi connectivity index (χ4n) is 3.44. The first-order chi connectivity index (χ1) is 12.6. The van der Waals surface area contributed by atoms with Crippen LogP contribution in [0.4, 0.5) is 0 Å². The molecule has 2 atom stereocenters. The molecule has 5 heteroatoms. The number of hydrogen-bond acceptors (Lipinski definition) is 3. The standard InChI is InChI=1S/C21H33N5/c1-5-15(3)8-7-9-18(19-14-22-16(4)24-19)25-21(17-10-11-17)20-12-13-23-26(20)6-2/h12-15,18,25H,5-11H2,1-4H3,(H,22,24). The fourth-order valence-corrected chi connectivity index (χ4v) is 3.44. The summed E-state index contributed by atoms with van der Waals surface area (Å²) in [6.07, 6.45) is 11.2. The molecular formula is C21H33N5. The zero-order chi connectivity index (χ0) is 18.5. The SMILES string of the molecule is CCC(C)CCCC(NC(=C1CC1)c1ccnn1CC)c1cnc(C)[nH]1. The first-order valence-corrected chi connectivity index (χ1v) is 10.1. The molecule has 1 aliphatic carbocycles. The van der Waals surface area contributed by atoms with E-state index in [1.165, 1.54) is 54.8 Å². The second kappa shape index (κ2) is 8.56. The molecule has 0 aliphatic heterocycles. The minimum absolute atomic E-state index is 0.267. The summed E-state index contributed by atoms with van der Waals surface area (Å²) < 4.78 is 2.09. The molecule has 0 radical (unpaired) electrons. The molecule has 5 nitrogen and oxygen atoms in total. The Labute approximate surface area is 157 Å². The summed E-state index contributed by atoms with van der Waals surface area (Å²) in [5.41, 5.74) is 5.20. The van der Waals surface area contributed by atoms with Crippen LogP contribution in [0.25, 0.3) is 5.70 Å². The average Bonchev–Trinajstić information content (AvgIpc) is 3.21. The van der Waals surface area contributed by atoms with Crippen molar-refractivity contribution in [2.75, 3.05) is 0 Å². The molecule has 1 saturated carbocycles. The van der Waals surface area contributed by atoms with Crippen molar-refractivity contribution in [3.8, 4) is 0 Å². The molecular weight excluding hydrogens is 322 g/mol. The Kier molecular flexibility index (Phi) is 6.17. The van der Waals surface area contributed by atoms with Gasteiger partial charge in [0.15, 0.2) is 0 Å². The maximum Gasteiger partial charge on any atom is 0.103 e. The molecule has 2 heterocycles. The van der Waals surface area contributed by atoms with Gasteiger partial charge in [0.05, 0.1) is 29.3 Å². The van der Waals surface area contributed by atoms with E-state index in [1.807, 2.05) is 19.3 Å². The van der Waals surface area contributed by atoms with Gasteiger partial charge in [0.25, 0.3) is 0 Å². The van der Waals surface area contributed by atoms with Gasteiger partial charge in [-0.05, 0) is 50.7 Å². The van der Waals surface area contributed by atoms with Gasteiger partial charge in [-0.15, -0.1) is 0 Å². The minimum Gasteiger partial charge on any atom is -0.375 e. The summed E-state index contributed by atoms with van der Waals surface area (Å²) in [5.74, 6) is 1.77. The Hall–Kier alpha value is -2.04. The van der Waals surface area contributed by atoms with Gasteiger partial charge >= 0.3 is 0 Å². The maximum atomic E-state index is 4.47. The summed E-state index contributed by atoms with van der Waals surface area (Å²) in [6.45, 7) is 9.68. The van der Waals surface area contributed by atoms with Crippen molar-refractivity contribution < 1.29 is 0 Å². The fraction of sp³-hybridized carbons (Fsp3) is 0.619. The number of imidazole rings is 1. The molecule has 0 amide bonds. The first-order valence-electron chi connectivity index (χ1n) is 10.1. The molecule has 0 saturated heterocycles. The topological polar surface area (TPSA) is 58.5 Å². The largest absolute Gasteiger partial charge is 0.375 e. The van der Waals surface area contributed by atoms with Crippen LogP contribution in [-0.2, 0) is 6.54 Å². The van der Waals surface area contributed by atoms with Crippen molar-refractivity contribution in [1.82, 2.24) is 25.1 Å². The monoisotopic (exact) mass is 355 g/mol. The number of nitrogens with one attached hydrogen (secondary N) is 2. The van der Waals surface area contributed by atoms with E-state index in [4.69, 9.17) is 0 Å². The van der Waals surface area contributed by atoms with Crippen LogP contribution >= 0.6 is 0 Å². The van der Waals surface area contributed by atoms with Gasteiger partial charge in [-0.1, -0.05) is 33.1 Å². The van der Waals surface area contributed by atoms with Crippen molar-refractivity contribution in [2.24, 2.45) is 5.92 Å². The number of allylic oxidation sites excluding steroid dienone is 1. The zero-order valence-electron chi connectivity index (χ0n) is 16.7. The second-order valence-corrected chi connectivity index (χ2v) is 7.58. The molecule has 26 heavy (non-hydrogen) atoms. The van der Waals surface area contributed by atoms with Gasteiger partial charge in [-0.2, -0.15) is 5.10 Å². The van der Waals surface area contributed by atoms with Gasteiger partial charge in [-0.3, -0.25) is 4.68 Å². The lowest BCUT2D eigenvalue weighted by Crippen LogP contribution is -2.22. The summed E-state index contributed by atoms with van der Waals surface area (Å²) in [5, 5.41) is 8.33. The Morgan fingerprint density at radius 1 is 1.31 bits per heavy atom. The molecule has 2 aromatic rings. The van der Waals surface area contributed by atoms with Crippen LogP contribution < -0.4 is 5.32 Å². The van der Waals surface area contributed by atoms with E-state index >= 15 is 0 Å². The van der Waals surface area contributed by atoms with Crippen LogP contribution in [0.3, 0.4) is 0 Å². The van der Waals surface area contributed by atoms with E-state index in [2.05, 4.69) is 51.9 Å². The highest BCUT2D eigenvalue weighted by atomic mass is 15.3. The van der Waals surface area contributed by atoms with E-state index in [9.17, 15) is 0 Å². The van der Waals surface area contributed by atoms with E-state index in [0.29, 0.717) is 0 Å². The van der Waals surface area contributed by atoms with Crippen molar-refractivity contribution in [3.63, 3.8) is 0 Å². The van der Waals surface area contributed by atoms with Crippen molar-refractivity contribution in [3.05, 3.63) is 41.2 Å². The number of H-pyrrole nitrogens is 1. The highest BCUT2D eigenvalue weighted by Crippen LogP contribution is 2.37. The van der Waals surface area contributed by atoms with E-state index in [-0.39, 0.29) is 6.04 Å². The van der Waals surface area contributed by atoms with Crippen LogP contribution in [0.5, 0.6) is 0 Å². The third-order valence-electron chi connectivity index (χ3n) is 5.43. The molecule has 1 aliphatic rings. The van der Waals surface area contributed by atoms with Crippen molar-refractivity contribution in [1.29, 1.82) is 0 Å². The molecule has 2 aromatic heterocycles. The first kappa shape index (κ1) is 18.7. The Bertz CT molecular complexity index is 733. The molecule has 3 rings (SSSR count). The summed E-state index contributed by atoms with van der Waals surface area (Å²) in [7, 11) is 0. The molecule has 2 N–H and O–H groups in total. The quantitative estimate of drug-likeness (QED) is 0.631. The number of aromatic nitrogens is 4. The predicted octanol–water partition coefficient (Wildman–Crippen LogP) is 4.99.